The van der Waals surface area contributed by atoms with Gasteiger partial charge in [0.05, 0.1) is 5.52 Å². The van der Waals surface area contributed by atoms with Gasteiger partial charge in [0.15, 0.2) is 62.1 Å². The van der Waals surface area contributed by atoms with Crippen LogP contribution < -0.4 is 0 Å². The highest BCUT2D eigenvalue weighted by Gasteiger charge is 2.08. The molecule has 0 unspecified atom stereocenters. The molecule has 22 rings (SSSR count). The van der Waals surface area contributed by atoms with E-state index in [0.717, 1.165) is 75.8 Å². The molecule has 78 heavy (non-hydrogen) atoms. The van der Waals surface area contributed by atoms with Gasteiger partial charge in [-0.3, -0.25) is 0 Å². The second kappa shape index (κ2) is 19.3. The van der Waals surface area contributed by atoms with Crippen LogP contribution in [0, 0.1) is 41.5 Å². The third-order valence-electron chi connectivity index (χ3n) is 13.0. The SMILES string of the molecule is Cc1cc2nc(n1)c1ccc(cc1)c1nc(C)nc(n1)c1ccc(cc1)c1nc(C)nc(n1)c1ccc(cc1)c1nc(C)nc(n1)c1ccc(cc1)c1nc(C)nc(n1)c1ccc(cc1)c1nc(C)nc(n1)c1ccc2cc1. The Morgan fingerprint density at radius 1 is 0.167 bits per heavy atom. The second-order valence-electron chi connectivity index (χ2n) is 18.8. The van der Waals surface area contributed by atoms with Gasteiger partial charge in [0.1, 0.15) is 29.1 Å². The second-order valence-corrected chi connectivity index (χ2v) is 18.8. The maximum Gasteiger partial charge on any atom is 0.163 e. The minimum absolute atomic E-state index is 0.542. The molecule has 16 heterocycles. The van der Waals surface area contributed by atoms with E-state index in [1.807, 2.05) is 193 Å². The lowest BCUT2D eigenvalue weighted by Crippen LogP contribution is -1.94. The highest BCUT2D eigenvalue weighted by atomic mass is 15.0. The van der Waals surface area contributed by atoms with Gasteiger partial charge in [0.2, 0.25) is 0 Å². The standard InChI is InChI=1S/C61H43N17/c1-32-31-50-38-7-9-40(10-8-38)52-63-33(2)64-54(74-52)42-15-17-44(18-16-42)56-67-35(4)68-58(76-56)46-23-25-48(26-24-46)60-71-37(6)72-61(78-60)49-29-27-47(28-30-49)59-70-36(5)69-57(77-59)45-21-19-43(20-22-45)55-66-34(3)65-53(75-55)41-13-11-39(12-14-41)51(62-32)73-50/h7-31H,1-6H3. The van der Waals surface area contributed by atoms with E-state index in [0.29, 0.717) is 91.2 Å². The van der Waals surface area contributed by atoms with E-state index in [4.69, 9.17) is 84.7 Å². The topological polar surface area (TPSA) is 219 Å². The maximum atomic E-state index is 5.02. The van der Waals surface area contributed by atoms with Crippen LogP contribution in [0.3, 0.4) is 0 Å². The number of hydrogen-bond acceptors (Lipinski definition) is 17. The fourth-order valence-corrected chi connectivity index (χ4v) is 9.18. The molecule has 0 N–H and O–H groups in total. The molecule has 17 nitrogen and oxygen atoms in total. The lowest BCUT2D eigenvalue weighted by atomic mass is 10.2. The fourth-order valence-electron chi connectivity index (χ4n) is 9.18. The lowest BCUT2D eigenvalue weighted by molar-refractivity contribution is 1.07. The first kappa shape index (κ1) is 47.2. The van der Waals surface area contributed by atoms with Crippen LogP contribution in [0.4, 0.5) is 0 Å². The van der Waals surface area contributed by atoms with Crippen LogP contribution in [0.15, 0.2) is 152 Å². The number of hydrogen-bond donors (Lipinski definition) is 0. The van der Waals surface area contributed by atoms with Crippen molar-refractivity contribution >= 4 is 132 Å². The molecule has 0 spiro atoms. The number of nitrogens with zero attached hydrogens (tertiary/aromatic N) is 17. The fraction of sp³-hybridized carbons (Fsp3) is 0.0984. The van der Waals surface area contributed by atoms with Crippen molar-refractivity contribution in [3.05, 3.63) is 186 Å². The molecular weight excluding hydrogens is 971 g/mol. The first-order valence-corrected chi connectivity index (χ1v) is 25.1. The number of rotatable bonds is 0. The normalized spacial score (nSPS) is 11.5. The van der Waals surface area contributed by atoms with Gasteiger partial charge < -0.3 is 0 Å². The van der Waals surface area contributed by atoms with Gasteiger partial charge in [-0.25, -0.2) is 84.7 Å². The molecule has 372 valence electrons. The van der Waals surface area contributed by atoms with Crippen molar-refractivity contribution in [1.29, 1.82) is 0 Å². The summed E-state index contributed by atoms with van der Waals surface area (Å²) < 4.78 is 0. The Labute approximate surface area is 443 Å². The first-order valence-electron chi connectivity index (χ1n) is 25.1. The number of aromatic nitrogens is 17. The Kier molecular flexibility index (Phi) is 11.7. The van der Waals surface area contributed by atoms with E-state index in [-0.39, 0.29) is 0 Å². The van der Waals surface area contributed by atoms with Crippen LogP contribution in [0.25, 0.3) is 132 Å². The largest absolute Gasteiger partial charge is 0.233 e. The van der Waals surface area contributed by atoms with Crippen molar-refractivity contribution in [2.24, 2.45) is 0 Å². The van der Waals surface area contributed by atoms with Gasteiger partial charge in [-0.15, -0.1) is 0 Å². The Morgan fingerprint density at radius 3 is 0.500 bits per heavy atom. The van der Waals surface area contributed by atoms with E-state index in [1.165, 1.54) is 0 Å². The highest BCUT2D eigenvalue weighted by molar-refractivity contribution is 5.92. The van der Waals surface area contributed by atoms with Crippen molar-refractivity contribution in [2.75, 3.05) is 0 Å². The van der Waals surface area contributed by atoms with E-state index in [1.54, 1.807) is 0 Å². The van der Waals surface area contributed by atoms with E-state index >= 15 is 0 Å². The summed E-state index contributed by atoms with van der Waals surface area (Å²) in [7, 11) is 0. The third kappa shape index (κ3) is 9.47. The Morgan fingerprint density at radius 2 is 0.321 bits per heavy atom. The quantitative estimate of drug-likeness (QED) is 0.138. The Hall–Kier alpha value is -10.6. The Balaban J connectivity index is 0.992. The summed E-state index contributed by atoms with van der Waals surface area (Å²) in [6.45, 7) is 11.3. The molecule has 0 atom stereocenters. The minimum atomic E-state index is 0.542. The van der Waals surface area contributed by atoms with Crippen LogP contribution in [-0.2, 0) is 0 Å². The number of aryl methyl sites for hydroxylation is 6. The molecule has 0 aliphatic heterocycles. The summed E-state index contributed by atoms with van der Waals surface area (Å²) in [5.41, 5.74) is 7.70. The summed E-state index contributed by atoms with van der Waals surface area (Å²) >= 11 is 0. The zero-order chi connectivity index (χ0) is 53.0. The van der Waals surface area contributed by atoms with Crippen LogP contribution in [0.2, 0.25) is 0 Å². The van der Waals surface area contributed by atoms with Crippen molar-refractivity contribution in [3.63, 3.8) is 0 Å². The van der Waals surface area contributed by atoms with Crippen LogP contribution >= 0.6 is 0 Å². The maximum absolute atomic E-state index is 5.02. The van der Waals surface area contributed by atoms with Crippen LogP contribution in [0.5, 0.6) is 0 Å². The van der Waals surface area contributed by atoms with Gasteiger partial charge in [0, 0.05) is 70.3 Å². The third-order valence-corrected chi connectivity index (χ3v) is 13.0. The van der Waals surface area contributed by atoms with Gasteiger partial charge in [-0.1, -0.05) is 146 Å². The molecule has 24 bridgehead atoms. The van der Waals surface area contributed by atoms with E-state index in [9.17, 15) is 0 Å². The van der Waals surface area contributed by atoms with Crippen molar-refractivity contribution in [2.45, 2.75) is 41.5 Å². The smallest absolute Gasteiger partial charge is 0.163 e. The van der Waals surface area contributed by atoms with E-state index < -0.39 is 0 Å². The Bertz CT molecular complexity index is 3860. The molecular formula is C61H43N17. The predicted molar refractivity (Wildman–Crippen MR) is 307 cm³/mol. The lowest BCUT2D eigenvalue weighted by Gasteiger charge is -2.01. The summed E-state index contributed by atoms with van der Waals surface area (Å²) in [5, 5.41) is 10.0. The molecule has 17 heteroatoms. The molecule has 0 aliphatic carbocycles. The molecule has 0 saturated heterocycles. The number of benzene rings is 6. The van der Waals surface area contributed by atoms with E-state index in [2.05, 4.69) is 0 Å². The van der Waals surface area contributed by atoms with Crippen molar-refractivity contribution < 1.29 is 0 Å². The van der Waals surface area contributed by atoms with Crippen molar-refractivity contribution in [1.82, 2.24) is 84.7 Å². The van der Waals surface area contributed by atoms with Gasteiger partial charge in [0.25, 0.3) is 0 Å². The average Bonchev–Trinajstić information content (AvgIpc) is 3.47. The monoisotopic (exact) mass is 1010 g/mol. The molecule has 6 aromatic carbocycles. The van der Waals surface area contributed by atoms with Crippen LogP contribution in [0.1, 0.15) is 34.8 Å². The molecule has 22 aromatic rings. The first-order chi connectivity index (χ1) is 38.0. The summed E-state index contributed by atoms with van der Waals surface area (Å²) in [5.74, 6) is 2.96. The summed E-state index contributed by atoms with van der Waals surface area (Å²) in [6, 6.07) is 49.5. The average molecular weight is 1010 g/mol. The summed E-state index contributed by atoms with van der Waals surface area (Å²) in [6.07, 6.45) is 0. The minimum Gasteiger partial charge on any atom is -0.233 e. The molecule has 0 amide bonds. The van der Waals surface area contributed by atoms with Crippen molar-refractivity contribution in [3.8, 4) is 0 Å². The van der Waals surface area contributed by atoms with Gasteiger partial charge in [-0.2, -0.15) is 0 Å². The van der Waals surface area contributed by atoms with Gasteiger partial charge in [-0.05, 0) is 47.6 Å². The molecule has 16 aromatic heterocycles. The highest BCUT2D eigenvalue weighted by Crippen LogP contribution is 2.23. The molecule has 0 aliphatic rings. The zero-order valence-electron chi connectivity index (χ0n) is 43.0. The predicted octanol–water partition coefficient (Wildman–Crippen LogP) is 12.2. The van der Waals surface area contributed by atoms with Crippen LogP contribution in [-0.4, -0.2) is 84.7 Å². The molecule has 0 radical (unpaired) electrons. The molecule has 0 saturated carbocycles. The van der Waals surface area contributed by atoms with Gasteiger partial charge >= 0.3 is 0 Å². The summed E-state index contributed by atoms with van der Waals surface area (Å²) in [4.78, 5) is 81.5. The zero-order valence-corrected chi connectivity index (χ0v) is 43.0. The molecule has 0 fully saturated rings.